The highest BCUT2D eigenvalue weighted by Crippen LogP contribution is 2.34. The van der Waals surface area contributed by atoms with Crippen LogP contribution in [0.15, 0.2) is 40.4 Å². The number of rotatable bonds is 13. The van der Waals surface area contributed by atoms with Crippen LogP contribution in [0.25, 0.3) is 0 Å². The molecule has 0 aromatic heterocycles. The Morgan fingerprint density at radius 3 is 2.75 bits per heavy atom. The van der Waals surface area contributed by atoms with E-state index in [0.717, 1.165) is 46.6 Å². The number of halogens is 1. The maximum atomic E-state index is 11.4. The lowest BCUT2D eigenvalue weighted by Gasteiger charge is -2.15. The summed E-state index contributed by atoms with van der Waals surface area (Å²) < 4.78 is 10.7. The van der Waals surface area contributed by atoms with Crippen molar-refractivity contribution in [3.8, 4) is 11.5 Å². The molecule has 2 N–H and O–H groups in total. The van der Waals surface area contributed by atoms with E-state index in [2.05, 4.69) is 16.8 Å². The largest absolute Gasteiger partial charge is 0.507 e. The Morgan fingerprint density at radius 2 is 2.06 bits per heavy atom. The molecule has 0 unspecified atom stereocenters. The van der Waals surface area contributed by atoms with E-state index in [1.165, 1.54) is 13.3 Å². The summed E-state index contributed by atoms with van der Waals surface area (Å²) in [7, 11) is 1.37. The fourth-order valence-corrected chi connectivity index (χ4v) is 4.42. The predicted octanol–water partition coefficient (Wildman–Crippen LogP) is 5.67. The van der Waals surface area contributed by atoms with Crippen LogP contribution in [0.3, 0.4) is 0 Å². The molecule has 6 nitrogen and oxygen atoms in total. The van der Waals surface area contributed by atoms with Crippen molar-refractivity contribution >= 4 is 35.5 Å². The molecule has 0 saturated carbocycles. The minimum Gasteiger partial charge on any atom is -0.507 e. The van der Waals surface area contributed by atoms with Gasteiger partial charge in [0, 0.05) is 22.4 Å². The number of carbonyl (C=O) groups is 1. The smallest absolute Gasteiger partial charge is 0.309 e. The second kappa shape index (κ2) is 13.9. The Labute approximate surface area is 198 Å². The molecular formula is C24H30ClNO5S. The van der Waals surface area contributed by atoms with Crippen molar-refractivity contribution in [2.45, 2.75) is 50.3 Å². The number of aromatic hydroxyl groups is 1. The number of thioether (sulfide) groups is 1. The summed E-state index contributed by atoms with van der Waals surface area (Å²) in [6.45, 7) is 2.59. The molecule has 0 saturated heterocycles. The third-order valence-corrected chi connectivity index (χ3v) is 6.41. The third kappa shape index (κ3) is 7.95. The zero-order valence-electron chi connectivity index (χ0n) is 18.5. The quantitative estimate of drug-likeness (QED) is 0.0961. The molecule has 0 amide bonds. The molecule has 0 heterocycles. The zero-order chi connectivity index (χ0) is 23.3. The first-order valence-electron chi connectivity index (χ1n) is 10.6. The van der Waals surface area contributed by atoms with Crippen molar-refractivity contribution in [3.05, 3.63) is 52.0 Å². The first-order chi connectivity index (χ1) is 15.5. The Balaban J connectivity index is 1.88. The third-order valence-electron chi connectivity index (χ3n) is 4.82. The van der Waals surface area contributed by atoms with Gasteiger partial charge in [0.2, 0.25) is 0 Å². The molecule has 0 atom stereocenters. The Morgan fingerprint density at radius 1 is 1.25 bits per heavy atom. The summed E-state index contributed by atoms with van der Waals surface area (Å²) >= 11 is 7.98. The molecule has 0 aliphatic heterocycles. The minimum atomic E-state index is -0.292. The van der Waals surface area contributed by atoms with Crippen molar-refractivity contribution < 1.29 is 24.6 Å². The van der Waals surface area contributed by atoms with Crippen LogP contribution in [0.4, 0.5) is 0 Å². The van der Waals surface area contributed by atoms with Crippen LogP contribution in [-0.2, 0) is 28.8 Å². The normalized spacial score (nSPS) is 11.1. The number of benzene rings is 2. The van der Waals surface area contributed by atoms with Crippen molar-refractivity contribution in [1.82, 2.24) is 0 Å². The van der Waals surface area contributed by atoms with Gasteiger partial charge in [0.15, 0.2) is 0 Å². The van der Waals surface area contributed by atoms with Crippen LogP contribution in [0.1, 0.15) is 42.9 Å². The molecule has 0 bridgehead atoms. The van der Waals surface area contributed by atoms with Gasteiger partial charge < -0.3 is 19.8 Å². The van der Waals surface area contributed by atoms with Gasteiger partial charge in [-0.25, -0.2) is 0 Å². The highest BCUT2D eigenvalue weighted by atomic mass is 35.5. The first-order valence-corrected chi connectivity index (χ1v) is 12.0. The summed E-state index contributed by atoms with van der Waals surface area (Å²) in [5.74, 6) is 1.51. The summed E-state index contributed by atoms with van der Waals surface area (Å²) in [5.41, 5.74) is 2.47. The van der Waals surface area contributed by atoms with Gasteiger partial charge in [-0.15, -0.1) is 16.9 Å². The maximum absolute atomic E-state index is 11.4. The van der Waals surface area contributed by atoms with Gasteiger partial charge in [-0.2, -0.15) is 0 Å². The number of nitrogens with zero attached hydrogens (tertiary/aromatic N) is 1. The Kier molecular flexibility index (Phi) is 11.2. The van der Waals surface area contributed by atoms with E-state index < -0.39 is 0 Å². The molecule has 0 fully saturated rings. The van der Waals surface area contributed by atoms with E-state index in [0.29, 0.717) is 30.2 Å². The van der Waals surface area contributed by atoms with E-state index in [4.69, 9.17) is 21.5 Å². The van der Waals surface area contributed by atoms with Gasteiger partial charge in [-0.05, 0) is 55.0 Å². The lowest BCUT2D eigenvalue weighted by atomic mass is 10.0. The molecule has 2 rings (SSSR count). The van der Waals surface area contributed by atoms with Crippen LogP contribution >= 0.6 is 23.4 Å². The SMILES string of the molecule is CCCc1c(OCCCSc2ccc(CC(=O)OC)cc2Cl)ccc(CCC=NO)c1O. The summed E-state index contributed by atoms with van der Waals surface area (Å²) in [5, 5.41) is 22.8. The molecule has 0 radical (unpaired) electrons. The number of aryl methyl sites for hydroxylation is 1. The molecular weight excluding hydrogens is 450 g/mol. The number of ether oxygens (including phenoxy) is 2. The summed E-state index contributed by atoms with van der Waals surface area (Å²) in [6.07, 6.45) is 5.21. The molecule has 2 aromatic carbocycles. The second-order valence-electron chi connectivity index (χ2n) is 7.20. The Bertz CT molecular complexity index is 920. The topological polar surface area (TPSA) is 88.4 Å². The predicted molar refractivity (Wildman–Crippen MR) is 129 cm³/mol. The number of esters is 1. The minimum absolute atomic E-state index is 0.204. The van der Waals surface area contributed by atoms with Crippen molar-refractivity contribution in [2.24, 2.45) is 5.16 Å². The van der Waals surface area contributed by atoms with E-state index >= 15 is 0 Å². The average molecular weight is 480 g/mol. The fourth-order valence-electron chi connectivity index (χ4n) is 3.21. The molecule has 0 aliphatic carbocycles. The molecule has 174 valence electrons. The van der Waals surface area contributed by atoms with Crippen molar-refractivity contribution in [3.63, 3.8) is 0 Å². The van der Waals surface area contributed by atoms with Gasteiger partial charge in [-0.1, -0.05) is 37.1 Å². The highest BCUT2D eigenvalue weighted by molar-refractivity contribution is 7.99. The number of carbonyl (C=O) groups excluding carboxylic acids is 1. The van der Waals surface area contributed by atoms with E-state index in [1.54, 1.807) is 17.8 Å². The number of phenols is 1. The lowest BCUT2D eigenvalue weighted by Crippen LogP contribution is -2.04. The maximum Gasteiger partial charge on any atom is 0.309 e. The number of hydrogen-bond acceptors (Lipinski definition) is 7. The van der Waals surface area contributed by atoms with Gasteiger partial charge in [-0.3, -0.25) is 4.79 Å². The molecule has 32 heavy (non-hydrogen) atoms. The number of methoxy groups -OCH3 is 1. The summed E-state index contributed by atoms with van der Waals surface area (Å²) in [4.78, 5) is 12.3. The van der Waals surface area contributed by atoms with E-state index in [9.17, 15) is 9.90 Å². The van der Waals surface area contributed by atoms with Crippen LogP contribution in [-0.4, -0.2) is 42.0 Å². The molecule has 8 heteroatoms. The molecule has 0 spiro atoms. The van der Waals surface area contributed by atoms with Crippen LogP contribution in [0, 0.1) is 0 Å². The van der Waals surface area contributed by atoms with Crippen LogP contribution in [0.5, 0.6) is 11.5 Å². The zero-order valence-corrected chi connectivity index (χ0v) is 20.0. The standard InChI is InChI=1S/C24H30ClNO5S/c1-3-6-19-21(10-9-18(24(19)28)7-4-12-26-29)31-13-5-14-32-22-11-8-17(15-20(22)25)16-23(27)30-2/h8-12,15,28-29H,3-7,13-14,16H2,1-2H3. The van der Waals surface area contributed by atoms with Gasteiger partial charge in [0.25, 0.3) is 0 Å². The van der Waals surface area contributed by atoms with E-state index in [-0.39, 0.29) is 18.1 Å². The lowest BCUT2D eigenvalue weighted by molar-refractivity contribution is -0.139. The molecule has 0 aliphatic rings. The van der Waals surface area contributed by atoms with Gasteiger partial charge >= 0.3 is 5.97 Å². The second-order valence-corrected chi connectivity index (χ2v) is 8.75. The van der Waals surface area contributed by atoms with Gasteiger partial charge in [0.05, 0.1) is 25.2 Å². The summed E-state index contributed by atoms with van der Waals surface area (Å²) in [6, 6.07) is 9.36. The fraction of sp³-hybridized carbons (Fsp3) is 0.417. The number of hydrogen-bond donors (Lipinski definition) is 2. The monoisotopic (exact) mass is 479 g/mol. The van der Waals surface area contributed by atoms with Crippen LogP contribution < -0.4 is 4.74 Å². The highest BCUT2D eigenvalue weighted by Gasteiger charge is 2.13. The van der Waals surface area contributed by atoms with E-state index in [1.807, 2.05) is 24.3 Å². The average Bonchev–Trinajstić information content (AvgIpc) is 2.78. The number of phenolic OH excluding ortho intramolecular Hbond substituents is 1. The molecule has 2 aromatic rings. The van der Waals surface area contributed by atoms with Crippen LogP contribution in [0.2, 0.25) is 5.02 Å². The van der Waals surface area contributed by atoms with Crippen molar-refractivity contribution in [1.29, 1.82) is 0 Å². The van der Waals surface area contributed by atoms with Crippen molar-refractivity contribution in [2.75, 3.05) is 19.5 Å². The van der Waals surface area contributed by atoms with Gasteiger partial charge in [0.1, 0.15) is 11.5 Å². The Hall–Kier alpha value is -2.38. The first kappa shape index (κ1) is 25.9. The number of oxime groups is 1.